The summed E-state index contributed by atoms with van der Waals surface area (Å²) in [4.78, 5) is 0. The molecule has 7 rings (SSSR count). The fraction of sp³-hybridized carbons (Fsp3) is 0.373. The molecule has 0 aliphatic heterocycles. The topological polar surface area (TPSA) is 20.2 Å². The van der Waals surface area contributed by atoms with Gasteiger partial charge < -0.3 is 0 Å². The van der Waals surface area contributed by atoms with E-state index < -0.39 is 15.3 Å². The van der Waals surface area contributed by atoms with Crippen molar-refractivity contribution in [3.8, 4) is 66.8 Å². The van der Waals surface area contributed by atoms with E-state index in [1.807, 2.05) is 0 Å². The van der Waals surface area contributed by atoms with Crippen LogP contribution in [0.5, 0.6) is 0 Å². The van der Waals surface area contributed by atoms with E-state index in [2.05, 4.69) is 238 Å². The molecule has 7 aromatic rings. The normalized spacial score (nSPS) is 12.1. The van der Waals surface area contributed by atoms with Gasteiger partial charge in [-0.3, -0.25) is 0 Å². The van der Waals surface area contributed by atoms with Gasteiger partial charge in [0.25, 0.3) is 0 Å². The number of rotatable bonds is 16. The zero-order valence-electron chi connectivity index (χ0n) is 44.8. The predicted octanol–water partition coefficient (Wildman–Crippen LogP) is 19.8. The van der Waals surface area contributed by atoms with Gasteiger partial charge in [-0.15, -0.1) is 0 Å². The molecule has 69 heavy (non-hydrogen) atoms. The molecule has 0 spiro atoms. The van der Waals surface area contributed by atoms with Crippen molar-refractivity contribution in [1.29, 1.82) is 0 Å². The summed E-state index contributed by atoms with van der Waals surface area (Å²) in [6.07, 6.45) is 0. The van der Waals surface area contributed by atoms with E-state index in [0.717, 1.165) is 0 Å². The Morgan fingerprint density at radius 3 is 0.667 bits per heavy atom. The van der Waals surface area contributed by atoms with Gasteiger partial charge in [-0.2, -0.15) is 0 Å². The van der Waals surface area contributed by atoms with Gasteiger partial charge in [-0.05, 0) is 0 Å². The van der Waals surface area contributed by atoms with Gasteiger partial charge in [-0.25, -0.2) is 0 Å². The van der Waals surface area contributed by atoms with Crippen LogP contribution < -0.4 is 0 Å². The van der Waals surface area contributed by atoms with Crippen molar-refractivity contribution in [1.82, 2.24) is 0 Å². The number of hydrogen-bond donors (Lipinski definition) is 1. The van der Waals surface area contributed by atoms with E-state index in [9.17, 15) is 4.19 Å². The first-order valence-electron chi connectivity index (χ1n) is 26.1. The molecule has 1 nitrogen and oxygen atoms in total. The van der Waals surface area contributed by atoms with Gasteiger partial charge in [0.2, 0.25) is 0 Å². The van der Waals surface area contributed by atoms with Gasteiger partial charge in [0.1, 0.15) is 0 Å². The van der Waals surface area contributed by atoms with Gasteiger partial charge in [-0.1, -0.05) is 0 Å². The van der Waals surface area contributed by atoms with Crippen LogP contribution in [0.15, 0.2) is 127 Å². The zero-order valence-corrected chi connectivity index (χ0v) is 46.5. The van der Waals surface area contributed by atoms with Gasteiger partial charge in [0.05, 0.1) is 0 Å². The Balaban J connectivity index is 1.63. The van der Waals surface area contributed by atoms with Gasteiger partial charge >= 0.3 is 427 Å². The number of hydrogen-bond acceptors (Lipinski definition) is 1. The van der Waals surface area contributed by atoms with E-state index in [-0.39, 0.29) is 0 Å². The average Bonchev–Trinajstić information content (AvgIpc) is 3.32. The molecule has 0 aromatic heterocycles. The van der Waals surface area contributed by atoms with E-state index in [0.29, 0.717) is 52.7 Å². The molecule has 2 heteroatoms. The van der Waals surface area contributed by atoms with Gasteiger partial charge in [0, 0.05) is 0 Å². The molecule has 0 atom stereocenters. The molecule has 0 bridgehead atoms. The molecular weight excluding hydrogens is 900 g/mol. The van der Waals surface area contributed by atoms with Crippen LogP contribution in [0.2, 0.25) is 0 Å². The monoisotopic (exact) mass is 981 g/mol. The van der Waals surface area contributed by atoms with E-state index >= 15 is 0 Å². The van der Waals surface area contributed by atoms with Crippen molar-refractivity contribution in [2.24, 2.45) is 0 Å². The van der Waals surface area contributed by atoms with Gasteiger partial charge in [0.15, 0.2) is 0 Å². The van der Waals surface area contributed by atoms with E-state index in [1.165, 1.54) is 117 Å². The minimum atomic E-state index is -0.611. The summed E-state index contributed by atoms with van der Waals surface area (Å²) in [5, 5.41) is 0.594. The molecule has 0 saturated heterocycles. The first kappa shape index (κ1) is 51.9. The van der Waals surface area contributed by atoms with Crippen molar-refractivity contribution >= 4 is 15.3 Å². The summed E-state index contributed by atoms with van der Waals surface area (Å²) in [6.45, 7) is 37.3. The third-order valence-electron chi connectivity index (χ3n) is 14.5. The molecule has 0 aliphatic rings. The SMILES string of the molecule is CC(C)c1cccc(C(C)C)c1-c1cc(-c2cccc(-c3cc(-c4c(C(C)C)cccc4C(C)C)cc(-c4c(C(C)C)cccc4C(C)C)c3)c2C[Se]O)cc(-c2c(C(C)C)cccc2C(C)C)c1. The molecule has 360 valence electrons. The second-order valence-corrected chi connectivity index (χ2v) is 23.3. The van der Waals surface area contributed by atoms with Crippen LogP contribution in [0.25, 0.3) is 66.8 Å². The van der Waals surface area contributed by atoms with Crippen molar-refractivity contribution in [3.05, 3.63) is 177 Å². The quantitative estimate of drug-likeness (QED) is 0.0957. The Morgan fingerprint density at radius 1 is 0.290 bits per heavy atom. The Morgan fingerprint density at radius 2 is 0.478 bits per heavy atom. The summed E-state index contributed by atoms with van der Waals surface area (Å²) < 4.78 is 11.2. The molecule has 0 aliphatic carbocycles. The summed E-state index contributed by atoms with van der Waals surface area (Å²) in [5.74, 6) is 2.83. The summed E-state index contributed by atoms with van der Waals surface area (Å²) in [7, 11) is 0. The van der Waals surface area contributed by atoms with E-state index in [4.69, 9.17) is 0 Å². The van der Waals surface area contributed by atoms with Crippen molar-refractivity contribution in [2.45, 2.75) is 163 Å². The third kappa shape index (κ3) is 10.7. The number of benzene rings is 7. The Hall–Kier alpha value is -4.98. The maximum atomic E-state index is 11.2. The van der Waals surface area contributed by atoms with Crippen molar-refractivity contribution in [3.63, 3.8) is 0 Å². The Kier molecular flexibility index (Phi) is 16.5. The molecule has 1 N–H and O–H groups in total. The standard InChI is InChI=1S/C67H80OSe/c1-39(2)53-22-17-23-54(40(3)4)64(53)49-32-47(33-50(36-49)65-55(41(5)6)24-18-25-56(65)42(7)8)61-30-21-31-62(63(61)38-69-68)48-34-51(66-57(43(9)10)26-19-27-58(66)44(11)12)37-52(35-48)67-59(45(13)14)28-20-29-60(67)46(15)16/h17-37,39-46,68H,38H2,1-16H3. The summed E-state index contributed by atoms with van der Waals surface area (Å²) >= 11 is -0.611. The molecule has 0 heterocycles. The van der Waals surface area contributed by atoms with Crippen LogP contribution in [0.1, 0.15) is 208 Å². The molecule has 0 fully saturated rings. The molecule has 0 amide bonds. The van der Waals surface area contributed by atoms with Crippen LogP contribution in [-0.4, -0.2) is 19.5 Å². The average molecular weight is 980 g/mol. The van der Waals surface area contributed by atoms with Crippen LogP contribution in [-0.2, 0) is 5.32 Å². The first-order chi connectivity index (χ1) is 32.8. The predicted molar refractivity (Wildman–Crippen MR) is 303 cm³/mol. The second kappa shape index (κ2) is 22.0. The minimum absolute atomic E-state index is 0.353. The molecule has 7 aromatic carbocycles. The molecule has 0 saturated carbocycles. The molecule has 0 radical (unpaired) electrons. The maximum absolute atomic E-state index is 11.2. The van der Waals surface area contributed by atoms with Crippen LogP contribution in [0.4, 0.5) is 0 Å². The van der Waals surface area contributed by atoms with Crippen LogP contribution in [0, 0.1) is 0 Å². The van der Waals surface area contributed by atoms with Crippen molar-refractivity contribution in [2.75, 3.05) is 0 Å². The fourth-order valence-electron chi connectivity index (χ4n) is 11.0. The van der Waals surface area contributed by atoms with Crippen LogP contribution in [0.3, 0.4) is 0 Å². The second-order valence-electron chi connectivity index (χ2n) is 22.2. The Labute approximate surface area is 424 Å². The molecule has 0 unspecified atom stereocenters. The first-order valence-corrected chi connectivity index (χ1v) is 28.0. The third-order valence-corrected chi connectivity index (χ3v) is 15.4. The Bertz CT molecular complexity index is 2460. The van der Waals surface area contributed by atoms with Crippen molar-refractivity contribution < 1.29 is 4.19 Å². The summed E-state index contributed by atoms with van der Waals surface area (Å²) in [6, 6.07) is 49.6. The zero-order chi connectivity index (χ0) is 50.0. The fourth-order valence-corrected chi connectivity index (χ4v) is 12.0. The van der Waals surface area contributed by atoms with Crippen LogP contribution >= 0.6 is 0 Å². The molecular formula is C67H80OSe. The van der Waals surface area contributed by atoms with E-state index in [1.54, 1.807) is 0 Å². The summed E-state index contributed by atoms with van der Waals surface area (Å²) in [5.41, 5.74) is 27.5.